The highest BCUT2D eigenvalue weighted by atomic mass is 19.4. The summed E-state index contributed by atoms with van der Waals surface area (Å²) in [7, 11) is 1.54. The van der Waals surface area contributed by atoms with Crippen LogP contribution in [-0.4, -0.2) is 19.0 Å². The third kappa shape index (κ3) is 2.62. The van der Waals surface area contributed by atoms with Crippen molar-refractivity contribution >= 4 is 12.0 Å². The highest BCUT2D eigenvalue weighted by Crippen LogP contribution is 2.38. The molecule has 1 fully saturated rings. The van der Waals surface area contributed by atoms with E-state index in [-0.39, 0.29) is 5.78 Å². The molecule has 0 spiro atoms. The van der Waals surface area contributed by atoms with Gasteiger partial charge in [-0.3, -0.25) is 9.79 Å². The van der Waals surface area contributed by atoms with Gasteiger partial charge in [-0.2, -0.15) is 13.2 Å². The van der Waals surface area contributed by atoms with E-state index >= 15 is 0 Å². The molecule has 1 aliphatic carbocycles. The summed E-state index contributed by atoms with van der Waals surface area (Å²) in [5.74, 6) is -0.0475. The molecular weight excluding hydrogens is 267 g/mol. The highest BCUT2D eigenvalue weighted by Gasteiger charge is 2.41. The quantitative estimate of drug-likeness (QED) is 0.759. The Hall–Kier alpha value is -1.65. The number of benzene rings is 1. The smallest absolute Gasteiger partial charge is 0.299 e. The Morgan fingerprint density at radius 1 is 1.30 bits per heavy atom. The maximum Gasteiger partial charge on any atom is 0.416 e. The van der Waals surface area contributed by atoms with Gasteiger partial charge in [0.15, 0.2) is 0 Å². The minimum atomic E-state index is -4.40. The van der Waals surface area contributed by atoms with Crippen LogP contribution >= 0.6 is 0 Å². The molecule has 1 aliphatic rings. The minimum absolute atomic E-state index is 0.0475. The van der Waals surface area contributed by atoms with Crippen LogP contribution in [-0.2, 0) is 16.4 Å². The van der Waals surface area contributed by atoms with E-state index in [1.54, 1.807) is 6.07 Å². The third-order valence-corrected chi connectivity index (χ3v) is 3.78. The van der Waals surface area contributed by atoms with Crippen molar-refractivity contribution in [2.75, 3.05) is 7.05 Å². The molecule has 2 nitrogen and oxygen atoms in total. The Bertz CT molecular complexity index is 536. The number of halogens is 3. The summed E-state index contributed by atoms with van der Waals surface area (Å²) < 4.78 is 38.5. The number of hydrogen-bond acceptors (Lipinski definition) is 2. The fourth-order valence-corrected chi connectivity index (χ4v) is 2.76. The van der Waals surface area contributed by atoms with Gasteiger partial charge < -0.3 is 0 Å². The molecule has 20 heavy (non-hydrogen) atoms. The van der Waals surface area contributed by atoms with Crippen LogP contribution in [0.25, 0.3) is 0 Å². The summed E-state index contributed by atoms with van der Waals surface area (Å²) in [6.45, 7) is 0. The number of nitrogens with zero attached hydrogens (tertiary/aromatic N) is 1. The number of rotatable bonds is 2. The first kappa shape index (κ1) is 14.8. The van der Waals surface area contributed by atoms with Crippen molar-refractivity contribution in [1.82, 2.24) is 0 Å². The van der Waals surface area contributed by atoms with Crippen molar-refractivity contribution in [3.05, 3.63) is 35.4 Å². The fourth-order valence-electron chi connectivity index (χ4n) is 2.76. The lowest BCUT2D eigenvalue weighted by atomic mass is 9.69. The SMILES string of the molecule is CN=C[C@]1(c2cccc(C(F)(F)F)c2)CCCCC1=O. The van der Waals surface area contributed by atoms with Crippen LogP contribution in [0.2, 0.25) is 0 Å². The lowest BCUT2D eigenvalue weighted by molar-refractivity contribution is -0.137. The van der Waals surface area contributed by atoms with E-state index in [4.69, 9.17) is 0 Å². The van der Waals surface area contributed by atoms with Gasteiger partial charge in [0.2, 0.25) is 0 Å². The van der Waals surface area contributed by atoms with Crippen molar-refractivity contribution in [2.24, 2.45) is 4.99 Å². The molecule has 0 amide bonds. The standard InChI is InChI=1S/C15H16F3NO/c1-19-10-14(8-3-2-7-13(14)20)11-5-4-6-12(9-11)15(16,17)18/h4-6,9-10H,2-3,7-8H2,1H3/t14-/m0/s1. The molecule has 2 rings (SSSR count). The Balaban J connectivity index is 2.53. The van der Waals surface area contributed by atoms with Crippen LogP contribution in [0.5, 0.6) is 0 Å². The van der Waals surface area contributed by atoms with Crippen LogP contribution in [0, 0.1) is 0 Å². The number of Topliss-reactive ketones (excluding diaryl/α,β-unsaturated/α-hetero) is 1. The number of aliphatic imine (C=N–C) groups is 1. The molecule has 5 heteroatoms. The van der Waals surface area contributed by atoms with E-state index in [0.717, 1.165) is 25.0 Å². The largest absolute Gasteiger partial charge is 0.416 e. The summed E-state index contributed by atoms with van der Waals surface area (Å²) in [6, 6.07) is 5.03. The number of alkyl halides is 3. The van der Waals surface area contributed by atoms with Crippen molar-refractivity contribution < 1.29 is 18.0 Å². The molecule has 0 saturated heterocycles. The Labute approximate surface area is 115 Å². The zero-order valence-corrected chi connectivity index (χ0v) is 11.2. The number of hydrogen-bond donors (Lipinski definition) is 0. The maximum atomic E-state index is 12.8. The van der Waals surface area contributed by atoms with Gasteiger partial charge >= 0.3 is 6.18 Å². The first-order valence-electron chi connectivity index (χ1n) is 6.54. The van der Waals surface area contributed by atoms with Gasteiger partial charge in [0, 0.05) is 19.7 Å². The lowest BCUT2D eigenvalue weighted by Gasteiger charge is -2.33. The van der Waals surface area contributed by atoms with Gasteiger partial charge in [0.1, 0.15) is 5.78 Å². The molecule has 0 radical (unpaired) electrons. The van der Waals surface area contributed by atoms with Crippen LogP contribution in [0.15, 0.2) is 29.3 Å². The van der Waals surface area contributed by atoms with Gasteiger partial charge in [-0.15, -0.1) is 0 Å². The van der Waals surface area contributed by atoms with Crippen LogP contribution in [0.1, 0.15) is 36.8 Å². The molecule has 108 valence electrons. The van der Waals surface area contributed by atoms with Crippen molar-refractivity contribution in [1.29, 1.82) is 0 Å². The zero-order chi connectivity index (χ0) is 14.8. The number of carbonyl (C=O) groups is 1. The van der Waals surface area contributed by atoms with E-state index in [1.165, 1.54) is 19.3 Å². The average molecular weight is 283 g/mol. The van der Waals surface area contributed by atoms with Gasteiger partial charge in [-0.25, -0.2) is 0 Å². The van der Waals surface area contributed by atoms with Gasteiger partial charge in [-0.05, 0) is 24.5 Å². The van der Waals surface area contributed by atoms with E-state index in [9.17, 15) is 18.0 Å². The molecule has 1 saturated carbocycles. The summed E-state index contributed by atoms with van der Waals surface area (Å²) in [5, 5.41) is 0. The normalized spacial score (nSPS) is 24.3. The Morgan fingerprint density at radius 3 is 2.65 bits per heavy atom. The second-order valence-electron chi connectivity index (χ2n) is 5.07. The van der Waals surface area contributed by atoms with Crippen molar-refractivity contribution in [3.63, 3.8) is 0 Å². The molecule has 0 aliphatic heterocycles. The highest BCUT2D eigenvalue weighted by molar-refractivity contribution is 6.06. The van der Waals surface area contributed by atoms with Crippen LogP contribution < -0.4 is 0 Å². The predicted octanol–water partition coefficient (Wildman–Crippen LogP) is 3.79. The zero-order valence-electron chi connectivity index (χ0n) is 11.2. The van der Waals surface area contributed by atoms with Crippen LogP contribution in [0.4, 0.5) is 13.2 Å². The summed E-state index contributed by atoms with van der Waals surface area (Å²) in [6.07, 6.45) is -0.389. The summed E-state index contributed by atoms with van der Waals surface area (Å²) in [5.41, 5.74) is -1.33. The molecule has 0 unspecified atom stereocenters. The van der Waals surface area contributed by atoms with Gasteiger partial charge in [0.25, 0.3) is 0 Å². The maximum absolute atomic E-state index is 12.8. The third-order valence-electron chi connectivity index (χ3n) is 3.78. The van der Waals surface area contributed by atoms with Crippen molar-refractivity contribution in [2.45, 2.75) is 37.3 Å². The Morgan fingerprint density at radius 2 is 2.05 bits per heavy atom. The van der Waals surface area contributed by atoms with E-state index in [2.05, 4.69) is 4.99 Å². The molecular formula is C15H16F3NO. The predicted molar refractivity (Wildman–Crippen MR) is 71.0 cm³/mol. The second kappa shape index (κ2) is 5.38. The summed E-state index contributed by atoms with van der Waals surface area (Å²) >= 11 is 0. The fraction of sp³-hybridized carbons (Fsp3) is 0.467. The molecule has 0 heterocycles. The molecule has 0 aromatic heterocycles. The molecule has 1 aromatic rings. The van der Waals surface area contributed by atoms with E-state index < -0.39 is 17.2 Å². The van der Waals surface area contributed by atoms with Gasteiger partial charge in [0.05, 0.1) is 11.0 Å². The summed E-state index contributed by atoms with van der Waals surface area (Å²) in [4.78, 5) is 16.2. The monoisotopic (exact) mass is 283 g/mol. The molecule has 1 atom stereocenters. The van der Waals surface area contributed by atoms with E-state index in [0.29, 0.717) is 18.4 Å². The second-order valence-corrected chi connectivity index (χ2v) is 5.07. The molecule has 0 bridgehead atoms. The molecule has 1 aromatic carbocycles. The minimum Gasteiger partial charge on any atom is -0.299 e. The average Bonchev–Trinajstić information content (AvgIpc) is 2.41. The Kier molecular flexibility index (Phi) is 3.97. The lowest BCUT2D eigenvalue weighted by Crippen LogP contribution is -2.40. The number of ketones is 1. The topological polar surface area (TPSA) is 29.4 Å². The van der Waals surface area contributed by atoms with Gasteiger partial charge in [-0.1, -0.05) is 24.6 Å². The van der Waals surface area contributed by atoms with Crippen molar-refractivity contribution in [3.8, 4) is 0 Å². The van der Waals surface area contributed by atoms with E-state index in [1.807, 2.05) is 0 Å². The van der Waals surface area contributed by atoms with Crippen LogP contribution in [0.3, 0.4) is 0 Å². The number of carbonyl (C=O) groups excluding carboxylic acids is 1. The first-order valence-corrected chi connectivity index (χ1v) is 6.54. The molecule has 0 N–H and O–H groups in total. The first-order chi connectivity index (χ1) is 9.40.